The third kappa shape index (κ3) is 6.75. The highest BCUT2D eigenvalue weighted by molar-refractivity contribution is 9.10. The van der Waals surface area contributed by atoms with Crippen LogP contribution in [0.2, 0.25) is 0 Å². The Labute approximate surface area is 170 Å². The summed E-state index contributed by atoms with van der Waals surface area (Å²) in [5.74, 6) is 0.01000. The maximum Gasteiger partial charge on any atom is 0.242 e. The van der Waals surface area contributed by atoms with E-state index < -0.39 is 10.0 Å². The molecule has 0 atom stereocenters. The molecule has 0 heterocycles. The molecule has 0 aliphatic carbocycles. The van der Waals surface area contributed by atoms with Crippen LogP contribution in [0.1, 0.15) is 30.4 Å². The summed E-state index contributed by atoms with van der Waals surface area (Å²) < 4.78 is 26.3. The topological polar surface area (TPSA) is 66.5 Å². The molecular formula is C20H25BrN2O3S. The van der Waals surface area contributed by atoms with Crippen molar-refractivity contribution in [3.63, 3.8) is 0 Å². The molecule has 0 bridgehead atoms. The average molecular weight is 453 g/mol. The molecule has 5 nitrogen and oxygen atoms in total. The van der Waals surface area contributed by atoms with Gasteiger partial charge >= 0.3 is 0 Å². The fourth-order valence-electron chi connectivity index (χ4n) is 2.54. The van der Waals surface area contributed by atoms with Gasteiger partial charge in [0.25, 0.3) is 0 Å². The Bertz CT molecular complexity index is 848. The third-order valence-corrected chi connectivity index (χ3v) is 6.58. The minimum atomic E-state index is -3.42. The second-order valence-electron chi connectivity index (χ2n) is 6.54. The number of rotatable bonds is 9. The number of hydrogen-bond donors (Lipinski definition) is 1. The molecule has 2 aromatic rings. The van der Waals surface area contributed by atoms with E-state index in [0.29, 0.717) is 13.0 Å². The van der Waals surface area contributed by atoms with Crippen LogP contribution < -0.4 is 5.32 Å². The fourth-order valence-corrected chi connectivity index (χ4v) is 3.71. The van der Waals surface area contributed by atoms with Crippen LogP contribution in [0, 0.1) is 0 Å². The molecule has 2 rings (SSSR count). The summed E-state index contributed by atoms with van der Waals surface area (Å²) in [6.07, 6.45) is 3.25. The fraction of sp³-hybridized carbons (Fsp3) is 0.350. The molecule has 0 unspecified atom stereocenters. The second-order valence-corrected chi connectivity index (χ2v) is 9.61. The van der Waals surface area contributed by atoms with Crippen molar-refractivity contribution in [3.05, 3.63) is 64.1 Å². The van der Waals surface area contributed by atoms with Gasteiger partial charge in [0.15, 0.2) is 0 Å². The standard InChI is InChI=1S/C20H25BrN2O3S/c1-23(2)27(25,26)19-13-9-17(10-14-19)15-22-20(24)6-4-3-5-16-7-11-18(21)12-8-16/h7-14H,3-6,15H2,1-2H3,(H,22,24). The van der Waals surface area contributed by atoms with Crippen LogP contribution >= 0.6 is 15.9 Å². The van der Waals surface area contributed by atoms with Gasteiger partial charge in [-0.2, -0.15) is 0 Å². The van der Waals surface area contributed by atoms with Crippen LogP contribution in [-0.4, -0.2) is 32.7 Å². The van der Waals surface area contributed by atoms with E-state index in [1.54, 1.807) is 24.3 Å². The van der Waals surface area contributed by atoms with Crippen molar-refractivity contribution in [2.24, 2.45) is 0 Å². The van der Waals surface area contributed by atoms with E-state index in [9.17, 15) is 13.2 Å². The lowest BCUT2D eigenvalue weighted by Gasteiger charge is -2.12. The Kier molecular flexibility index (Phi) is 8.01. The van der Waals surface area contributed by atoms with Crippen LogP contribution in [0.4, 0.5) is 0 Å². The maximum absolute atomic E-state index is 12.0. The van der Waals surface area contributed by atoms with Crippen molar-refractivity contribution in [3.8, 4) is 0 Å². The molecule has 0 saturated heterocycles. The van der Waals surface area contributed by atoms with Crippen LogP contribution in [-0.2, 0) is 27.8 Å². The summed E-state index contributed by atoms with van der Waals surface area (Å²) in [7, 11) is -0.421. The van der Waals surface area contributed by atoms with E-state index in [1.807, 2.05) is 12.1 Å². The van der Waals surface area contributed by atoms with Crippen molar-refractivity contribution in [1.29, 1.82) is 0 Å². The summed E-state index contributed by atoms with van der Waals surface area (Å²) >= 11 is 3.42. The molecule has 0 aliphatic rings. The van der Waals surface area contributed by atoms with Gasteiger partial charge in [0.1, 0.15) is 0 Å². The molecule has 7 heteroatoms. The lowest BCUT2D eigenvalue weighted by atomic mass is 10.1. The number of benzene rings is 2. The van der Waals surface area contributed by atoms with Crippen LogP contribution in [0.25, 0.3) is 0 Å². The Hall–Kier alpha value is -1.70. The molecule has 2 aromatic carbocycles. The molecule has 0 aliphatic heterocycles. The average Bonchev–Trinajstić information content (AvgIpc) is 2.65. The van der Waals surface area contributed by atoms with E-state index in [0.717, 1.165) is 29.3 Å². The SMILES string of the molecule is CN(C)S(=O)(=O)c1ccc(CNC(=O)CCCCc2ccc(Br)cc2)cc1. The second kappa shape index (κ2) is 10.0. The van der Waals surface area contributed by atoms with Gasteiger partial charge in [-0.25, -0.2) is 12.7 Å². The quantitative estimate of drug-likeness (QED) is 0.589. The molecular weight excluding hydrogens is 428 g/mol. The Balaban J connectivity index is 1.71. The van der Waals surface area contributed by atoms with E-state index in [4.69, 9.17) is 0 Å². The van der Waals surface area contributed by atoms with Gasteiger partial charge in [0, 0.05) is 31.5 Å². The Morgan fingerprint density at radius 3 is 2.15 bits per heavy atom. The number of carbonyl (C=O) groups excluding carboxylic acids is 1. The highest BCUT2D eigenvalue weighted by Crippen LogP contribution is 2.14. The number of amides is 1. The molecule has 27 heavy (non-hydrogen) atoms. The van der Waals surface area contributed by atoms with Crippen molar-refractivity contribution in [1.82, 2.24) is 9.62 Å². The molecule has 0 aromatic heterocycles. The smallest absolute Gasteiger partial charge is 0.242 e. The van der Waals surface area contributed by atoms with Crippen LogP contribution in [0.3, 0.4) is 0 Å². The van der Waals surface area contributed by atoms with Crippen molar-refractivity contribution >= 4 is 31.9 Å². The van der Waals surface area contributed by atoms with E-state index in [1.165, 1.54) is 24.0 Å². The first kappa shape index (κ1) is 21.6. The molecule has 0 spiro atoms. The van der Waals surface area contributed by atoms with Crippen molar-refractivity contribution < 1.29 is 13.2 Å². The predicted molar refractivity (Wildman–Crippen MR) is 111 cm³/mol. The monoisotopic (exact) mass is 452 g/mol. The zero-order chi connectivity index (χ0) is 19.9. The van der Waals surface area contributed by atoms with Gasteiger partial charge < -0.3 is 5.32 Å². The van der Waals surface area contributed by atoms with Crippen LogP contribution in [0.5, 0.6) is 0 Å². The van der Waals surface area contributed by atoms with E-state index in [-0.39, 0.29) is 10.8 Å². The number of carbonyl (C=O) groups is 1. The lowest BCUT2D eigenvalue weighted by molar-refractivity contribution is -0.121. The van der Waals surface area contributed by atoms with Crippen molar-refractivity contribution in [2.75, 3.05) is 14.1 Å². The zero-order valence-corrected chi connectivity index (χ0v) is 18.0. The summed E-state index contributed by atoms with van der Waals surface area (Å²) in [6, 6.07) is 14.8. The number of unbranched alkanes of at least 4 members (excludes halogenated alkanes) is 1. The first-order valence-corrected chi connectivity index (χ1v) is 11.0. The number of halogens is 1. The highest BCUT2D eigenvalue weighted by atomic mass is 79.9. The Morgan fingerprint density at radius 1 is 0.963 bits per heavy atom. The first-order valence-electron chi connectivity index (χ1n) is 8.81. The van der Waals surface area contributed by atoms with Gasteiger partial charge in [-0.3, -0.25) is 4.79 Å². The number of nitrogens with one attached hydrogen (secondary N) is 1. The van der Waals surface area contributed by atoms with Crippen molar-refractivity contribution in [2.45, 2.75) is 37.1 Å². The minimum absolute atomic E-state index is 0.01000. The van der Waals surface area contributed by atoms with Gasteiger partial charge in [-0.05, 0) is 54.7 Å². The Morgan fingerprint density at radius 2 is 1.56 bits per heavy atom. The third-order valence-electron chi connectivity index (χ3n) is 4.22. The molecule has 146 valence electrons. The number of sulfonamides is 1. The zero-order valence-electron chi connectivity index (χ0n) is 15.6. The number of hydrogen-bond acceptors (Lipinski definition) is 3. The molecule has 0 fully saturated rings. The number of nitrogens with zero attached hydrogens (tertiary/aromatic N) is 1. The van der Waals surface area contributed by atoms with Gasteiger partial charge in [0.05, 0.1) is 4.90 Å². The lowest BCUT2D eigenvalue weighted by Crippen LogP contribution is -2.23. The van der Waals surface area contributed by atoms with Gasteiger partial charge in [-0.15, -0.1) is 0 Å². The summed E-state index contributed by atoms with van der Waals surface area (Å²) in [6.45, 7) is 0.397. The van der Waals surface area contributed by atoms with E-state index >= 15 is 0 Å². The van der Waals surface area contributed by atoms with Crippen LogP contribution in [0.15, 0.2) is 57.9 Å². The molecule has 1 N–H and O–H groups in total. The maximum atomic E-state index is 12.0. The predicted octanol–water partition coefficient (Wildman–Crippen LogP) is 3.73. The molecule has 0 saturated carbocycles. The summed E-state index contributed by atoms with van der Waals surface area (Å²) in [5, 5.41) is 2.88. The largest absolute Gasteiger partial charge is 0.352 e. The van der Waals surface area contributed by atoms with Gasteiger partial charge in [0.2, 0.25) is 15.9 Å². The minimum Gasteiger partial charge on any atom is -0.352 e. The van der Waals surface area contributed by atoms with Gasteiger partial charge in [-0.1, -0.05) is 40.2 Å². The number of aryl methyl sites for hydroxylation is 1. The summed E-state index contributed by atoms with van der Waals surface area (Å²) in [5.41, 5.74) is 2.14. The summed E-state index contributed by atoms with van der Waals surface area (Å²) in [4.78, 5) is 12.2. The van der Waals surface area contributed by atoms with E-state index in [2.05, 4.69) is 33.4 Å². The normalized spacial score (nSPS) is 11.6. The first-order chi connectivity index (χ1) is 12.8. The molecule has 0 radical (unpaired) electrons. The molecule has 1 amide bonds. The highest BCUT2D eigenvalue weighted by Gasteiger charge is 2.16.